The minimum absolute atomic E-state index is 0.0348. The summed E-state index contributed by atoms with van der Waals surface area (Å²) in [6.07, 6.45) is 1.48. The van der Waals surface area contributed by atoms with E-state index in [0.29, 0.717) is 33.5 Å². The van der Waals surface area contributed by atoms with Crippen LogP contribution in [-0.2, 0) is 11.3 Å². The highest BCUT2D eigenvalue weighted by atomic mass is 35.5. The number of amides is 3. The van der Waals surface area contributed by atoms with E-state index < -0.39 is 11.9 Å². The molecule has 1 aliphatic heterocycles. The van der Waals surface area contributed by atoms with Crippen molar-refractivity contribution >= 4 is 41.2 Å². The number of halogens is 3. The summed E-state index contributed by atoms with van der Waals surface area (Å²) >= 11 is 12.3. The number of imide groups is 1. The number of hydrogen-bond acceptors (Lipinski definition) is 3. The van der Waals surface area contributed by atoms with Gasteiger partial charge in [0.05, 0.1) is 23.2 Å². The van der Waals surface area contributed by atoms with E-state index >= 15 is 0 Å². The van der Waals surface area contributed by atoms with Gasteiger partial charge in [-0.2, -0.15) is 0 Å². The highest BCUT2D eigenvalue weighted by Gasteiger charge is 2.33. The van der Waals surface area contributed by atoms with Gasteiger partial charge in [-0.3, -0.25) is 9.69 Å². The van der Waals surface area contributed by atoms with Gasteiger partial charge >= 0.3 is 6.03 Å². The van der Waals surface area contributed by atoms with Gasteiger partial charge in [0.1, 0.15) is 11.5 Å². The molecule has 2 aromatic rings. The summed E-state index contributed by atoms with van der Waals surface area (Å²) in [5.74, 6) is -0.519. The number of ether oxygens (including phenoxy) is 1. The van der Waals surface area contributed by atoms with Gasteiger partial charge in [-0.1, -0.05) is 35.3 Å². The lowest BCUT2D eigenvalue weighted by Crippen LogP contribution is -2.30. The molecular weight excluding hydrogens is 394 g/mol. The standard InChI is InChI=1S/C19H15Cl2FN2O3/c1-2-27-17-14(20)7-12(8-15(17)21)9-16-18(25)24(19(26)23-16)10-11-3-5-13(22)6-4-11/h3-9H,2,10H2,1H3,(H,23,26)/b16-9+. The predicted molar refractivity (Wildman–Crippen MR) is 101 cm³/mol. The first-order valence-electron chi connectivity index (χ1n) is 8.10. The first-order chi connectivity index (χ1) is 12.9. The summed E-state index contributed by atoms with van der Waals surface area (Å²) in [5.41, 5.74) is 1.27. The molecule has 8 heteroatoms. The third kappa shape index (κ3) is 4.23. The van der Waals surface area contributed by atoms with Crippen LogP contribution in [0.25, 0.3) is 6.08 Å². The average molecular weight is 409 g/mol. The van der Waals surface area contributed by atoms with Gasteiger partial charge in [-0.05, 0) is 48.4 Å². The van der Waals surface area contributed by atoms with E-state index in [9.17, 15) is 14.0 Å². The number of urea groups is 1. The molecule has 27 heavy (non-hydrogen) atoms. The van der Waals surface area contributed by atoms with Gasteiger partial charge in [-0.25, -0.2) is 9.18 Å². The van der Waals surface area contributed by atoms with E-state index in [2.05, 4.69) is 5.32 Å². The Labute approximate surface area is 165 Å². The zero-order valence-corrected chi connectivity index (χ0v) is 15.8. The molecule has 1 heterocycles. The summed E-state index contributed by atoms with van der Waals surface area (Å²) in [6.45, 7) is 2.25. The lowest BCUT2D eigenvalue weighted by molar-refractivity contribution is -0.123. The highest BCUT2D eigenvalue weighted by molar-refractivity contribution is 6.37. The van der Waals surface area contributed by atoms with Crippen molar-refractivity contribution in [3.8, 4) is 5.75 Å². The SMILES string of the molecule is CCOc1c(Cl)cc(/C=C2/NC(=O)N(Cc3ccc(F)cc3)C2=O)cc1Cl. The Morgan fingerprint density at radius 2 is 1.78 bits per heavy atom. The molecule has 0 aromatic heterocycles. The molecular formula is C19H15Cl2FN2O3. The normalized spacial score (nSPS) is 15.4. The molecule has 1 N–H and O–H groups in total. The smallest absolute Gasteiger partial charge is 0.329 e. The number of carbonyl (C=O) groups is 2. The fourth-order valence-electron chi connectivity index (χ4n) is 2.60. The predicted octanol–water partition coefficient (Wildman–Crippen LogP) is 4.62. The molecule has 0 bridgehead atoms. The molecule has 140 valence electrons. The number of carbonyl (C=O) groups excluding carboxylic acids is 2. The zero-order valence-electron chi connectivity index (χ0n) is 14.3. The lowest BCUT2D eigenvalue weighted by atomic mass is 10.1. The Morgan fingerprint density at radius 3 is 2.37 bits per heavy atom. The van der Waals surface area contributed by atoms with E-state index in [1.807, 2.05) is 6.92 Å². The van der Waals surface area contributed by atoms with Gasteiger partial charge < -0.3 is 10.1 Å². The summed E-state index contributed by atoms with van der Waals surface area (Å²) in [5, 5.41) is 3.12. The van der Waals surface area contributed by atoms with Crippen LogP contribution < -0.4 is 10.1 Å². The number of nitrogens with zero attached hydrogens (tertiary/aromatic N) is 1. The van der Waals surface area contributed by atoms with Crippen molar-refractivity contribution in [3.63, 3.8) is 0 Å². The Hall–Kier alpha value is -2.57. The maximum Gasteiger partial charge on any atom is 0.329 e. The van der Waals surface area contributed by atoms with Gasteiger partial charge in [-0.15, -0.1) is 0 Å². The van der Waals surface area contributed by atoms with Crippen LogP contribution in [0.5, 0.6) is 5.75 Å². The van der Waals surface area contributed by atoms with Crippen LogP contribution in [0.1, 0.15) is 18.1 Å². The molecule has 1 aliphatic rings. The molecule has 0 atom stereocenters. The maximum atomic E-state index is 13.0. The minimum atomic E-state index is -0.557. The lowest BCUT2D eigenvalue weighted by Gasteiger charge is -2.11. The van der Waals surface area contributed by atoms with Crippen molar-refractivity contribution in [1.29, 1.82) is 0 Å². The van der Waals surface area contributed by atoms with Crippen LogP contribution in [0.3, 0.4) is 0 Å². The van der Waals surface area contributed by atoms with Crippen LogP contribution in [0, 0.1) is 5.82 Å². The van der Waals surface area contributed by atoms with E-state index in [0.717, 1.165) is 4.90 Å². The van der Waals surface area contributed by atoms with Crippen molar-refractivity contribution in [3.05, 3.63) is 69.1 Å². The number of benzene rings is 2. The van der Waals surface area contributed by atoms with Gasteiger partial charge in [0.25, 0.3) is 5.91 Å². The first-order valence-corrected chi connectivity index (χ1v) is 8.85. The molecule has 3 amide bonds. The summed E-state index contributed by atoms with van der Waals surface area (Å²) in [4.78, 5) is 25.7. The van der Waals surface area contributed by atoms with E-state index in [4.69, 9.17) is 27.9 Å². The quantitative estimate of drug-likeness (QED) is 0.579. The zero-order chi connectivity index (χ0) is 19.6. The van der Waals surface area contributed by atoms with Crippen molar-refractivity contribution in [2.45, 2.75) is 13.5 Å². The molecule has 1 fully saturated rings. The first kappa shape index (κ1) is 19.2. The molecule has 0 unspecified atom stereocenters. The van der Waals surface area contributed by atoms with Gasteiger partial charge in [0, 0.05) is 0 Å². The molecule has 3 rings (SSSR count). The topological polar surface area (TPSA) is 58.6 Å². The second kappa shape index (κ2) is 7.98. The molecule has 0 aliphatic carbocycles. The number of hydrogen-bond donors (Lipinski definition) is 1. The van der Waals surface area contributed by atoms with Crippen LogP contribution in [0.2, 0.25) is 10.0 Å². The van der Waals surface area contributed by atoms with Crippen molar-refractivity contribution in [1.82, 2.24) is 10.2 Å². The molecule has 1 saturated heterocycles. The third-order valence-electron chi connectivity index (χ3n) is 3.84. The van der Waals surface area contributed by atoms with Gasteiger partial charge in [0.2, 0.25) is 0 Å². The van der Waals surface area contributed by atoms with Crippen LogP contribution in [0.4, 0.5) is 9.18 Å². The number of nitrogens with one attached hydrogen (secondary N) is 1. The second-order valence-corrected chi connectivity index (χ2v) is 6.57. The Bertz CT molecular complexity index is 906. The third-order valence-corrected chi connectivity index (χ3v) is 4.40. The largest absolute Gasteiger partial charge is 0.491 e. The van der Waals surface area contributed by atoms with Crippen molar-refractivity contribution in [2.24, 2.45) is 0 Å². The second-order valence-electron chi connectivity index (χ2n) is 5.75. The fraction of sp³-hybridized carbons (Fsp3) is 0.158. The van der Waals surface area contributed by atoms with E-state index in [-0.39, 0.29) is 18.1 Å². The Morgan fingerprint density at radius 1 is 1.15 bits per heavy atom. The van der Waals surface area contributed by atoms with Crippen LogP contribution in [0.15, 0.2) is 42.1 Å². The molecule has 5 nitrogen and oxygen atoms in total. The summed E-state index contributed by atoms with van der Waals surface area (Å²) < 4.78 is 18.4. The molecule has 0 spiro atoms. The van der Waals surface area contributed by atoms with Gasteiger partial charge in [0.15, 0.2) is 5.75 Å². The molecule has 2 aromatic carbocycles. The monoisotopic (exact) mass is 408 g/mol. The Kier molecular flexibility index (Phi) is 5.68. The van der Waals surface area contributed by atoms with Crippen LogP contribution >= 0.6 is 23.2 Å². The molecule has 0 radical (unpaired) electrons. The molecule has 0 saturated carbocycles. The summed E-state index contributed by atoms with van der Waals surface area (Å²) in [7, 11) is 0. The summed E-state index contributed by atoms with van der Waals surface area (Å²) in [6, 6.07) is 8.20. The maximum absolute atomic E-state index is 13.0. The fourth-order valence-corrected chi connectivity index (χ4v) is 3.21. The number of rotatable bonds is 5. The van der Waals surface area contributed by atoms with Crippen LogP contribution in [-0.4, -0.2) is 23.4 Å². The minimum Gasteiger partial charge on any atom is -0.491 e. The highest BCUT2D eigenvalue weighted by Crippen LogP contribution is 2.35. The van der Waals surface area contributed by atoms with Crippen molar-refractivity contribution < 1.29 is 18.7 Å². The van der Waals surface area contributed by atoms with E-state index in [1.165, 1.54) is 30.3 Å². The Balaban J connectivity index is 1.82. The van der Waals surface area contributed by atoms with Crippen molar-refractivity contribution in [2.75, 3.05) is 6.61 Å². The average Bonchev–Trinajstić information content (AvgIpc) is 2.87. The van der Waals surface area contributed by atoms with E-state index in [1.54, 1.807) is 12.1 Å².